The maximum Gasteiger partial charge on any atom is 0.303 e. The van der Waals surface area contributed by atoms with Crippen molar-refractivity contribution < 1.29 is 9.90 Å². The Labute approximate surface area is 68.8 Å². The molecule has 0 aromatic carbocycles. The Morgan fingerprint density at radius 2 is 2.11 bits per heavy atom. The Bertz CT molecular complexity index is 110. The Morgan fingerprint density at radius 1 is 1.67 bits per heavy atom. The maximum absolute atomic E-state index is 10.2. The first-order valence-electron chi connectivity index (χ1n) is 2.76. The van der Waals surface area contributed by atoms with E-state index in [1.54, 1.807) is 0 Å². The van der Waals surface area contributed by atoms with Gasteiger partial charge >= 0.3 is 5.97 Å². The lowest BCUT2D eigenvalue weighted by atomic mass is 9.93. The van der Waals surface area contributed by atoms with Crippen molar-refractivity contribution in [2.75, 3.05) is 4.43 Å². The topological polar surface area (TPSA) is 37.3 Å². The summed E-state index contributed by atoms with van der Waals surface area (Å²) in [5.74, 6) is -0.711. The lowest BCUT2D eigenvalue weighted by molar-refractivity contribution is -0.138. The van der Waals surface area contributed by atoms with Gasteiger partial charge in [0.1, 0.15) is 0 Å². The van der Waals surface area contributed by atoms with Crippen LogP contribution in [0.2, 0.25) is 0 Å². The highest BCUT2D eigenvalue weighted by Crippen LogP contribution is 2.22. The standard InChI is InChI=1S/C6H11IO2/c1-6(2,4-7)3-5(8)9/h3-4H2,1-2H3,(H,8,9). The second kappa shape index (κ2) is 3.39. The van der Waals surface area contributed by atoms with Gasteiger partial charge in [0.2, 0.25) is 0 Å². The van der Waals surface area contributed by atoms with Crippen LogP contribution < -0.4 is 0 Å². The lowest BCUT2D eigenvalue weighted by Crippen LogP contribution is -2.17. The number of rotatable bonds is 3. The van der Waals surface area contributed by atoms with Crippen LogP contribution in [-0.4, -0.2) is 15.5 Å². The third-order valence-electron chi connectivity index (χ3n) is 0.992. The van der Waals surface area contributed by atoms with Gasteiger partial charge in [-0.2, -0.15) is 0 Å². The van der Waals surface area contributed by atoms with Crippen molar-refractivity contribution in [2.24, 2.45) is 5.41 Å². The molecule has 0 radical (unpaired) electrons. The van der Waals surface area contributed by atoms with Crippen molar-refractivity contribution in [3.05, 3.63) is 0 Å². The minimum Gasteiger partial charge on any atom is -0.481 e. The van der Waals surface area contributed by atoms with Crippen LogP contribution in [0.5, 0.6) is 0 Å². The highest BCUT2D eigenvalue weighted by molar-refractivity contribution is 14.1. The number of alkyl halides is 1. The summed E-state index contributed by atoms with van der Waals surface area (Å²) in [6, 6.07) is 0. The highest BCUT2D eigenvalue weighted by atomic mass is 127. The van der Waals surface area contributed by atoms with E-state index in [9.17, 15) is 4.79 Å². The highest BCUT2D eigenvalue weighted by Gasteiger charge is 2.19. The van der Waals surface area contributed by atoms with Crippen molar-refractivity contribution in [1.82, 2.24) is 0 Å². The second-order valence-electron chi connectivity index (χ2n) is 2.87. The Kier molecular flexibility index (Phi) is 3.46. The van der Waals surface area contributed by atoms with Gasteiger partial charge < -0.3 is 5.11 Å². The third kappa shape index (κ3) is 4.69. The van der Waals surface area contributed by atoms with Gasteiger partial charge in [-0.15, -0.1) is 0 Å². The van der Waals surface area contributed by atoms with Crippen LogP contribution in [0.3, 0.4) is 0 Å². The first-order valence-corrected chi connectivity index (χ1v) is 4.28. The molecule has 54 valence electrons. The Morgan fingerprint density at radius 3 is 2.22 bits per heavy atom. The monoisotopic (exact) mass is 242 g/mol. The summed E-state index contributed by atoms with van der Waals surface area (Å²) in [5, 5.41) is 8.38. The van der Waals surface area contributed by atoms with E-state index in [1.807, 2.05) is 13.8 Å². The van der Waals surface area contributed by atoms with E-state index < -0.39 is 5.97 Å². The zero-order chi connectivity index (χ0) is 7.49. The summed E-state index contributed by atoms with van der Waals surface area (Å²) in [6.45, 7) is 3.90. The van der Waals surface area contributed by atoms with Crippen LogP contribution >= 0.6 is 22.6 Å². The molecule has 0 spiro atoms. The largest absolute Gasteiger partial charge is 0.481 e. The first-order chi connectivity index (χ1) is 3.98. The molecule has 0 saturated heterocycles. The fraction of sp³-hybridized carbons (Fsp3) is 0.833. The molecule has 0 aliphatic rings. The van der Waals surface area contributed by atoms with Gasteiger partial charge in [0.15, 0.2) is 0 Å². The van der Waals surface area contributed by atoms with Crippen LogP contribution in [0.15, 0.2) is 0 Å². The molecule has 0 amide bonds. The predicted molar refractivity (Wildman–Crippen MR) is 44.9 cm³/mol. The van der Waals surface area contributed by atoms with Crippen LogP contribution in [0, 0.1) is 5.41 Å². The van der Waals surface area contributed by atoms with Crippen molar-refractivity contribution in [3.63, 3.8) is 0 Å². The number of hydrogen-bond donors (Lipinski definition) is 1. The van der Waals surface area contributed by atoms with E-state index in [-0.39, 0.29) is 11.8 Å². The number of carboxylic acids is 1. The third-order valence-corrected chi connectivity index (χ3v) is 3.06. The predicted octanol–water partition coefficient (Wildman–Crippen LogP) is 1.92. The molecule has 9 heavy (non-hydrogen) atoms. The SMILES string of the molecule is CC(C)(CI)CC(=O)O. The fourth-order valence-electron chi connectivity index (χ4n) is 0.457. The van der Waals surface area contributed by atoms with Gasteiger partial charge in [-0.3, -0.25) is 4.79 Å². The van der Waals surface area contributed by atoms with Crippen LogP contribution in [0.25, 0.3) is 0 Å². The number of hydrogen-bond acceptors (Lipinski definition) is 1. The van der Waals surface area contributed by atoms with E-state index in [1.165, 1.54) is 0 Å². The minimum absolute atomic E-state index is 0.0492. The molecule has 0 unspecified atom stereocenters. The van der Waals surface area contributed by atoms with Gasteiger partial charge in [-0.25, -0.2) is 0 Å². The summed E-state index contributed by atoms with van der Waals surface area (Å²) in [5.41, 5.74) is -0.0492. The van der Waals surface area contributed by atoms with Crippen molar-refractivity contribution >= 4 is 28.6 Å². The lowest BCUT2D eigenvalue weighted by Gasteiger charge is -2.17. The molecule has 0 heterocycles. The first kappa shape index (κ1) is 9.20. The normalized spacial score (nSPS) is 11.4. The fourth-order valence-corrected chi connectivity index (χ4v) is 0.726. The van der Waals surface area contributed by atoms with Crippen LogP contribution in [0.4, 0.5) is 0 Å². The molecule has 0 fully saturated rings. The quantitative estimate of drug-likeness (QED) is 0.606. The average molecular weight is 242 g/mol. The van der Waals surface area contributed by atoms with Gasteiger partial charge in [0.05, 0.1) is 6.42 Å². The van der Waals surface area contributed by atoms with E-state index in [0.29, 0.717) is 0 Å². The Hall–Kier alpha value is 0.200. The molecule has 0 aliphatic carbocycles. The maximum atomic E-state index is 10.2. The summed E-state index contributed by atoms with van der Waals surface area (Å²) >= 11 is 2.20. The molecule has 1 N–H and O–H groups in total. The molecule has 0 atom stereocenters. The van der Waals surface area contributed by atoms with Crippen LogP contribution in [-0.2, 0) is 4.79 Å². The average Bonchev–Trinajstić information content (AvgIpc) is 1.63. The molecule has 0 aliphatic heterocycles. The molecular weight excluding hydrogens is 231 g/mol. The van der Waals surface area contributed by atoms with E-state index in [2.05, 4.69) is 22.6 Å². The molecule has 0 saturated carbocycles. The molecule has 0 bridgehead atoms. The van der Waals surface area contributed by atoms with Crippen molar-refractivity contribution in [1.29, 1.82) is 0 Å². The zero-order valence-corrected chi connectivity index (χ0v) is 7.81. The molecule has 2 nitrogen and oxygen atoms in total. The summed E-state index contributed by atoms with van der Waals surface area (Å²) < 4.78 is 0.886. The number of halogens is 1. The molecule has 0 aromatic rings. The summed E-state index contributed by atoms with van der Waals surface area (Å²) in [4.78, 5) is 10.2. The van der Waals surface area contributed by atoms with Gasteiger partial charge in [-0.1, -0.05) is 36.4 Å². The minimum atomic E-state index is -0.711. The van der Waals surface area contributed by atoms with Gasteiger partial charge in [-0.05, 0) is 5.41 Å². The molecule has 0 aromatic heterocycles. The second-order valence-corrected chi connectivity index (χ2v) is 3.63. The number of carboxylic acid groups (broad SMARTS) is 1. The van der Waals surface area contributed by atoms with E-state index >= 15 is 0 Å². The zero-order valence-electron chi connectivity index (χ0n) is 5.65. The van der Waals surface area contributed by atoms with Gasteiger partial charge in [0.25, 0.3) is 0 Å². The van der Waals surface area contributed by atoms with E-state index in [0.717, 1.165) is 4.43 Å². The smallest absolute Gasteiger partial charge is 0.303 e. The van der Waals surface area contributed by atoms with Gasteiger partial charge in [0, 0.05) is 4.43 Å². The van der Waals surface area contributed by atoms with Crippen molar-refractivity contribution in [3.8, 4) is 0 Å². The summed E-state index contributed by atoms with van der Waals surface area (Å²) in [6.07, 6.45) is 0.260. The molecule has 0 rings (SSSR count). The number of aliphatic carboxylic acids is 1. The van der Waals surface area contributed by atoms with E-state index in [4.69, 9.17) is 5.11 Å². The number of carbonyl (C=O) groups is 1. The Balaban J connectivity index is 3.71. The van der Waals surface area contributed by atoms with Crippen LogP contribution in [0.1, 0.15) is 20.3 Å². The molecular formula is C6H11IO2. The molecule has 3 heteroatoms. The summed E-state index contributed by atoms with van der Waals surface area (Å²) in [7, 11) is 0. The van der Waals surface area contributed by atoms with Crippen molar-refractivity contribution in [2.45, 2.75) is 20.3 Å².